The van der Waals surface area contributed by atoms with Gasteiger partial charge in [-0.25, -0.2) is 8.42 Å². The number of aldehydes is 1. The number of hydrogen-bond acceptors (Lipinski definition) is 6. The molecule has 3 rings (SSSR count). The third kappa shape index (κ3) is 4.81. The van der Waals surface area contributed by atoms with Gasteiger partial charge in [-0.2, -0.15) is 0 Å². The average Bonchev–Trinajstić information content (AvgIpc) is 2.70. The number of benzene rings is 1. The van der Waals surface area contributed by atoms with E-state index in [1.807, 2.05) is 19.1 Å². The Balaban J connectivity index is 1.80. The van der Waals surface area contributed by atoms with Crippen LogP contribution in [0, 0.1) is 13.8 Å². The monoisotopic (exact) mass is 408 g/mol. The molecule has 1 unspecified atom stereocenters. The van der Waals surface area contributed by atoms with Crippen molar-refractivity contribution in [2.24, 2.45) is 0 Å². The van der Waals surface area contributed by atoms with Crippen molar-refractivity contribution in [2.45, 2.75) is 24.7 Å². The molecule has 0 amide bonds. The summed E-state index contributed by atoms with van der Waals surface area (Å²) in [6.07, 6.45) is 3.80. The van der Waals surface area contributed by atoms with Crippen LogP contribution in [0.1, 0.15) is 38.8 Å². The molecule has 0 aliphatic heterocycles. The zero-order chi connectivity index (χ0) is 21.0. The Labute approximate surface area is 169 Å². The largest absolute Gasteiger partial charge is 0.302 e. The van der Waals surface area contributed by atoms with Gasteiger partial charge in [-0.15, -0.1) is 0 Å². The van der Waals surface area contributed by atoms with Crippen molar-refractivity contribution in [3.8, 4) is 0 Å². The number of rotatable bonds is 7. The Morgan fingerprint density at radius 2 is 1.48 bits per heavy atom. The first kappa shape index (κ1) is 20.5. The van der Waals surface area contributed by atoms with Gasteiger partial charge in [-0.1, -0.05) is 18.2 Å². The molecule has 3 aromatic rings. The molecule has 2 aromatic heterocycles. The highest BCUT2D eigenvalue weighted by Gasteiger charge is 2.22. The summed E-state index contributed by atoms with van der Waals surface area (Å²) >= 11 is 0. The Morgan fingerprint density at radius 1 is 0.897 bits per heavy atom. The molecular weight excluding hydrogens is 388 g/mol. The van der Waals surface area contributed by atoms with Crippen molar-refractivity contribution in [1.29, 1.82) is 0 Å². The molecule has 7 heteroatoms. The van der Waals surface area contributed by atoms with Crippen molar-refractivity contribution < 1.29 is 18.0 Å². The SMILES string of the molecule is Cc1ccc(C(=O)CS(=O)(=O)c2ccc(C(C=O)c3ccc(C)nc3)cc2)cn1. The fourth-order valence-electron chi connectivity index (χ4n) is 2.87. The molecule has 2 heterocycles. The highest BCUT2D eigenvalue weighted by molar-refractivity contribution is 7.92. The number of sulfone groups is 1. The number of aryl methyl sites for hydroxylation is 2. The lowest BCUT2D eigenvalue weighted by molar-refractivity contribution is -0.108. The maximum Gasteiger partial charge on any atom is 0.185 e. The summed E-state index contributed by atoms with van der Waals surface area (Å²) in [6.45, 7) is 3.64. The van der Waals surface area contributed by atoms with E-state index in [9.17, 15) is 18.0 Å². The second-order valence-corrected chi connectivity index (χ2v) is 8.78. The molecule has 0 radical (unpaired) electrons. The van der Waals surface area contributed by atoms with E-state index >= 15 is 0 Å². The quantitative estimate of drug-likeness (QED) is 0.440. The second-order valence-electron chi connectivity index (χ2n) is 6.79. The molecule has 0 spiro atoms. The van der Waals surface area contributed by atoms with Gasteiger partial charge in [0.05, 0.1) is 10.8 Å². The number of Topliss-reactive ketones (excluding diaryl/α,β-unsaturated/α-hetero) is 1. The summed E-state index contributed by atoms with van der Waals surface area (Å²) in [5, 5.41) is 0. The molecule has 1 atom stereocenters. The normalized spacial score (nSPS) is 12.3. The minimum atomic E-state index is -3.82. The average molecular weight is 408 g/mol. The predicted octanol–water partition coefficient (Wildman–Crippen LogP) is 3.08. The molecule has 6 nitrogen and oxygen atoms in total. The van der Waals surface area contributed by atoms with E-state index in [4.69, 9.17) is 0 Å². The Bertz CT molecular complexity index is 1120. The highest BCUT2D eigenvalue weighted by atomic mass is 32.2. The molecule has 0 aliphatic rings. The van der Waals surface area contributed by atoms with E-state index in [1.54, 1.807) is 37.4 Å². The van der Waals surface area contributed by atoms with E-state index in [1.165, 1.54) is 18.3 Å². The van der Waals surface area contributed by atoms with Crippen LogP contribution in [0.4, 0.5) is 0 Å². The molecule has 0 saturated carbocycles. The summed E-state index contributed by atoms with van der Waals surface area (Å²) in [5.41, 5.74) is 3.22. The van der Waals surface area contributed by atoms with Crippen LogP contribution in [-0.4, -0.2) is 36.2 Å². The number of carbonyl (C=O) groups is 2. The standard InChI is InChI=1S/C22H20N2O4S/c1-15-3-5-18(11-23-15)21(13-25)17-7-9-20(10-8-17)29(27,28)14-22(26)19-6-4-16(2)24-12-19/h3-13,21H,14H2,1-2H3. The fraction of sp³-hybridized carbons (Fsp3) is 0.182. The van der Waals surface area contributed by atoms with Gasteiger partial charge < -0.3 is 4.79 Å². The molecule has 1 aromatic carbocycles. The molecule has 0 aliphatic carbocycles. The van der Waals surface area contributed by atoms with Crippen LogP contribution in [0.2, 0.25) is 0 Å². The zero-order valence-electron chi connectivity index (χ0n) is 16.1. The Hall–Kier alpha value is -3.19. The zero-order valence-corrected chi connectivity index (χ0v) is 16.9. The number of ketones is 1. The lowest BCUT2D eigenvalue weighted by atomic mass is 9.94. The van der Waals surface area contributed by atoms with E-state index in [-0.39, 0.29) is 10.5 Å². The van der Waals surface area contributed by atoms with Gasteiger partial charge in [0.25, 0.3) is 0 Å². The van der Waals surface area contributed by atoms with Crippen molar-refractivity contribution in [3.63, 3.8) is 0 Å². The smallest absolute Gasteiger partial charge is 0.185 e. The maximum absolute atomic E-state index is 12.6. The van der Waals surface area contributed by atoms with Crippen LogP contribution in [0.3, 0.4) is 0 Å². The predicted molar refractivity (Wildman–Crippen MR) is 109 cm³/mol. The van der Waals surface area contributed by atoms with Crippen LogP contribution in [-0.2, 0) is 14.6 Å². The van der Waals surface area contributed by atoms with Gasteiger partial charge in [-0.3, -0.25) is 14.8 Å². The van der Waals surface area contributed by atoms with Crippen LogP contribution in [0.25, 0.3) is 0 Å². The lowest BCUT2D eigenvalue weighted by Crippen LogP contribution is -2.17. The van der Waals surface area contributed by atoms with Crippen LogP contribution in [0.5, 0.6) is 0 Å². The minimum Gasteiger partial charge on any atom is -0.302 e. The van der Waals surface area contributed by atoms with E-state index in [2.05, 4.69) is 9.97 Å². The van der Waals surface area contributed by atoms with E-state index in [0.29, 0.717) is 5.56 Å². The van der Waals surface area contributed by atoms with Crippen LogP contribution < -0.4 is 0 Å². The third-order valence-electron chi connectivity index (χ3n) is 4.58. The molecule has 148 valence electrons. The molecule has 0 fully saturated rings. The molecule has 0 bridgehead atoms. The minimum absolute atomic E-state index is 0.0290. The van der Waals surface area contributed by atoms with Gasteiger partial charge in [0.15, 0.2) is 15.6 Å². The van der Waals surface area contributed by atoms with Crippen molar-refractivity contribution in [3.05, 3.63) is 89.0 Å². The van der Waals surface area contributed by atoms with Gasteiger partial charge in [0.1, 0.15) is 12.0 Å². The van der Waals surface area contributed by atoms with Crippen LogP contribution >= 0.6 is 0 Å². The molecule has 0 N–H and O–H groups in total. The van der Waals surface area contributed by atoms with Gasteiger partial charge in [-0.05, 0) is 55.3 Å². The second kappa shape index (κ2) is 8.45. The van der Waals surface area contributed by atoms with Crippen molar-refractivity contribution in [1.82, 2.24) is 9.97 Å². The van der Waals surface area contributed by atoms with Gasteiger partial charge >= 0.3 is 0 Å². The van der Waals surface area contributed by atoms with Gasteiger partial charge in [0, 0.05) is 29.3 Å². The third-order valence-corrected chi connectivity index (χ3v) is 6.21. The maximum atomic E-state index is 12.6. The summed E-state index contributed by atoms with van der Waals surface area (Å²) < 4.78 is 25.2. The fourth-order valence-corrected chi connectivity index (χ4v) is 4.10. The van der Waals surface area contributed by atoms with Crippen LogP contribution in [0.15, 0.2) is 65.8 Å². The molecule has 29 heavy (non-hydrogen) atoms. The number of nitrogens with zero attached hydrogens (tertiary/aromatic N) is 2. The number of hydrogen-bond donors (Lipinski definition) is 0. The Kier molecular flexibility index (Phi) is 5.98. The number of aromatic nitrogens is 2. The first-order valence-electron chi connectivity index (χ1n) is 8.96. The summed E-state index contributed by atoms with van der Waals surface area (Å²) in [4.78, 5) is 32.2. The summed E-state index contributed by atoms with van der Waals surface area (Å²) in [6, 6.07) is 12.9. The highest BCUT2D eigenvalue weighted by Crippen LogP contribution is 2.24. The number of carbonyl (C=O) groups excluding carboxylic acids is 2. The first-order valence-corrected chi connectivity index (χ1v) is 10.6. The van der Waals surface area contributed by atoms with E-state index < -0.39 is 27.3 Å². The van der Waals surface area contributed by atoms with Crippen molar-refractivity contribution in [2.75, 3.05) is 5.75 Å². The lowest BCUT2D eigenvalue weighted by Gasteiger charge is -2.12. The number of pyridine rings is 2. The van der Waals surface area contributed by atoms with Gasteiger partial charge in [0.2, 0.25) is 0 Å². The molecule has 0 saturated heterocycles. The molecular formula is C22H20N2O4S. The first-order chi connectivity index (χ1) is 13.8. The topological polar surface area (TPSA) is 94.1 Å². The van der Waals surface area contributed by atoms with E-state index in [0.717, 1.165) is 23.2 Å². The Morgan fingerprint density at radius 3 is 2.00 bits per heavy atom. The summed E-state index contributed by atoms with van der Waals surface area (Å²) in [7, 11) is -3.82. The van der Waals surface area contributed by atoms with Crippen molar-refractivity contribution >= 4 is 21.9 Å². The summed E-state index contributed by atoms with van der Waals surface area (Å²) in [5.74, 6) is -1.70.